The lowest BCUT2D eigenvalue weighted by atomic mass is 10.2. The molecule has 1 saturated heterocycles. The van der Waals surface area contributed by atoms with E-state index in [9.17, 15) is 9.90 Å². The number of nitrogens with zero attached hydrogens (tertiary/aromatic N) is 6. The highest BCUT2D eigenvalue weighted by atomic mass is 35.5. The van der Waals surface area contributed by atoms with Crippen molar-refractivity contribution in [1.29, 1.82) is 0 Å². The van der Waals surface area contributed by atoms with Gasteiger partial charge in [0.05, 0.1) is 19.4 Å². The molecule has 0 spiro atoms. The number of nitrogens with one attached hydrogen (secondary N) is 2. The second-order valence-electron chi connectivity index (χ2n) is 6.69. The number of amides is 1. The van der Waals surface area contributed by atoms with Crippen molar-refractivity contribution in [2.45, 2.75) is 6.54 Å². The number of carbonyl (C=O) groups is 1. The standard InChI is InChI=1S/C17H18ClN9O4/c18-11-1-2-13(28)10(7-11)8-20-22-17(29)14-12(9-26-3-5-30-6-4-26)27(25-21-14)16-15(19)23-31-24-16/h1-2,7-8,28H,3-6,9H2,(H2,19,23)(H,22,29). The maximum Gasteiger partial charge on any atom is 0.294 e. The van der Waals surface area contributed by atoms with Crippen LogP contribution in [-0.2, 0) is 11.3 Å². The molecule has 1 aromatic carbocycles. The molecule has 14 heteroatoms. The monoisotopic (exact) mass is 447 g/mol. The van der Waals surface area contributed by atoms with Gasteiger partial charge >= 0.3 is 0 Å². The SMILES string of the molecule is Nc1nonc1-n1nnc(C(=O)NN=Cc2cc(Cl)ccc2[O-])c1C[NH+]1CCOCC1. The zero-order valence-electron chi connectivity index (χ0n) is 16.1. The van der Waals surface area contributed by atoms with E-state index >= 15 is 0 Å². The largest absolute Gasteiger partial charge is 0.872 e. The van der Waals surface area contributed by atoms with Crippen LogP contribution in [0.5, 0.6) is 5.75 Å². The molecule has 1 aliphatic heterocycles. The van der Waals surface area contributed by atoms with E-state index in [-0.39, 0.29) is 28.6 Å². The number of carbonyl (C=O) groups excluding carboxylic acids is 1. The van der Waals surface area contributed by atoms with Crippen molar-refractivity contribution < 1.29 is 24.2 Å². The Morgan fingerprint density at radius 2 is 2.19 bits per heavy atom. The number of nitrogen functional groups attached to an aromatic ring is 1. The molecule has 162 valence electrons. The summed E-state index contributed by atoms with van der Waals surface area (Å²) in [6.07, 6.45) is 1.21. The molecule has 13 nitrogen and oxygen atoms in total. The Hall–Kier alpha value is -3.55. The Labute approximate surface area is 180 Å². The number of anilines is 1. The molecule has 1 aliphatic rings. The fourth-order valence-corrected chi connectivity index (χ4v) is 3.23. The Morgan fingerprint density at radius 1 is 1.39 bits per heavy atom. The molecule has 4 rings (SSSR count). The fraction of sp³-hybridized carbons (Fsp3) is 0.294. The fourth-order valence-electron chi connectivity index (χ4n) is 3.05. The zero-order valence-corrected chi connectivity index (χ0v) is 16.9. The molecule has 0 atom stereocenters. The van der Waals surface area contributed by atoms with E-state index < -0.39 is 5.91 Å². The van der Waals surface area contributed by atoms with E-state index in [1.807, 2.05) is 0 Å². The number of hydrogen-bond donors (Lipinski definition) is 3. The van der Waals surface area contributed by atoms with Crippen LogP contribution in [0.3, 0.4) is 0 Å². The summed E-state index contributed by atoms with van der Waals surface area (Å²) in [6.45, 7) is 3.12. The Kier molecular flexibility index (Phi) is 6.06. The zero-order chi connectivity index (χ0) is 21.8. The molecule has 31 heavy (non-hydrogen) atoms. The van der Waals surface area contributed by atoms with Gasteiger partial charge in [-0.25, -0.2) is 10.1 Å². The molecule has 0 radical (unpaired) electrons. The Balaban J connectivity index is 1.58. The highest BCUT2D eigenvalue weighted by molar-refractivity contribution is 6.30. The van der Waals surface area contributed by atoms with E-state index in [1.165, 1.54) is 29.1 Å². The second kappa shape index (κ2) is 9.07. The number of hydrogen-bond acceptors (Lipinski definition) is 10. The lowest BCUT2D eigenvalue weighted by molar-refractivity contribution is -0.921. The second-order valence-corrected chi connectivity index (χ2v) is 7.13. The summed E-state index contributed by atoms with van der Waals surface area (Å²) in [5.41, 5.74) is 8.86. The van der Waals surface area contributed by atoms with Gasteiger partial charge in [-0.1, -0.05) is 28.6 Å². The van der Waals surface area contributed by atoms with E-state index in [2.05, 4.69) is 35.8 Å². The van der Waals surface area contributed by atoms with Gasteiger partial charge in [-0.05, 0) is 28.0 Å². The van der Waals surface area contributed by atoms with Crippen LogP contribution < -0.4 is 21.2 Å². The van der Waals surface area contributed by atoms with Gasteiger partial charge in [0.25, 0.3) is 5.91 Å². The number of rotatable bonds is 6. The van der Waals surface area contributed by atoms with Crippen molar-refractivity contribution in [1.82, 2.24) is 30.7 Å². The third kappa shape index (κ3) is 4.63. The molecule has 1 fully saturated rings. The average Bonchev–Trinajstić information content (AvgIpc) is 3.37. The first kappa shape index (κ1) is 20.7. The van der Waals surface area contributed by atoms with Gasteiger partial charge in [0.1, 0.15) is 25.3 Å². The maximum absolute atomic E-state index is 12.7. The van der Waals surface area contributed by atoms with Crippen molar-refractivity contribution in [3.8, 4) is 11.6 Å². The van der Waals surface area contributed by atoms with Crippen molar-refractivity contribution in [3.05, 3.63) is 40.2 Å². The quantitative estimate of drug-likeness (QED) is 0.289. The predicted molar refractivity (Wildman–Crippen MR) is 105 cm³/mol. The van der Waals surface area contributed by atoms with Gasteiger partial charge in [-0.15, -0.1) is 5.10 Å². The number of morpholine rings is 1. The molecule has 3 aromatic rings. The highest BCUT2D eigenvalue weighted by Crippen LogP contribution is 2.17. The first-order valence-electron chi connectivity index (χ1n) is 9.27. The number of hydrazone groups is 1. The molecule has 3 heterocycles. The molecule has 0 aliphatic carbocycles. The topological polar surface area (TPSA) is 174 Å². The number of quaternary nitrogens is 1. The van der Waals surface area contributed by atoms with Crippen molar-refractivity contribution in [2.24, 2.45) is 5.10 Å². The molecule has 0 saturated carbocycles. The Morgan fingerprint density at radius 3 is 2.94 bits per heavy atom. The number of aromatic nitrogens is 5. The van der Waals surface area contributed by atoms with E-state index in [0.717, 1.165) is 18.0 Å². The molecule has 0 unspecified atom stereocenters. The Bertz CT molecular complexity index is 1110. The summed E-state index contributed by atoms with van der Waals surface area (Å²) in [7, 11) is 0. The minimum Gasteiger partial charge on any atom is -0.872 e. The van der Waals surface area contributed by atoms with Crippen LogP contribution in [0.1, 0.15) is 21.7 Å². The lowest BCUT2D eigenvalue weighted by Gasteiger charge is -2.23. The summed E-state index contributed by atoms with van der Waals surface area (Å²) in [5, 5.41) is 31.3. The van der Waals surface area contributed by atoms with Crippen LogP contribution in [0.15, 0.2) is 27.9 Å². The molecule has 1 amide bonds. The summed E-state index contributed by atoms with van der Waals surface area (Å²) < 4.78 is 11.3. The van der Waals surface area contributed by atoms with Gasteiger partial charge in [0, 0.05) is 5.02 Å². The summed E-state index contributed by atoms with van der Waals surface area (Å²) in [5.74, 6) is -0.752. The first-order chi connectivity index (χ1) is 15.0. The van der Waals surface area contributed by atoms with E-state index in [1.54, 1.807) is 0 Å². The van der Waals surface area contributed by atoms with Crippen LogP contribution in [0.2, 0.25) is 5.02 Å². The molecule has 2 aromatic heterocycles. The smallest absolute Gasteiger partial charge is 0.294 e. The van der Waals surface area contributed by atoms with Crippen LogP contribution >= 0.6 is 11.6 Å². The number of benzene rings is 1. The van der Waals surface area contributed by atoms with Gasteiger partial charge in [0.2, 0.25) is 11.6 Å². The molecule has 4 N–H and O–H groups in total. The number of ether oxygens (including phenoxy) is 1. The van der Waals surface area contributed by atoms with Crippen LogP contribution in [0.4, 0.5) is 5.82 Å². The predicted octanol–water partition coefficient (Wildman–Crippen LogP) is -1.86. The maximum atomic E-state index is 12.7. The summed E-state index contributed by atoms with van der Waals surface area (Å²) in [6, 6.07) is 4.24. The first-order valence-corrected chi connectivity index (χ1v) is 9.65. The lowest BCUT2D eigenvalue weighted by Crippen LogP contribution is -3.12. The van der Waals surface area contributed by atoms with Crippen molar-refractivity contribution in [2.75, 3.05) is 32.0 Å². The van der Waals surface area contributed by atoms with E-state index in [0.29, 0.717) is 30.5 Å². The van der Waals surface area contributed by atoms with Crippen molar-refractivity contribution in [3.63, 3.8) is 0 Å². The number of nitrogens with two attached hydrogens (primary N) is 1. The summed E-state index contributed by atoms with van der Waals surface area (Å²) in [4.78, 5) is 13.9. The third-order valence-electron chi connectivity index (χ3n) is 4.63. The minimum absolute atomic E-state index is 0.0111. The van der Waals surface area contributed by atoms with E-state index in [4.69, 9.17) is 22.1 Å². The normalized spacial score (nSPS) is 14.9. The minimum atomic E-state index is -0.616. The summed E-state index contributed by atoms with van der Waals surface area (Å²) >= 11 is 5.88. The molecular formula is C17H18ClN9O4. The van der Waals surface area contributed by atoms with Gasteiger partial charge < -0.3 is 20.5 Å². The van der Waals surface area contributed by atoms with Crippen LogP contribution in [-0.4, -0.2) is 63.7 Å². The van der Waals surface area contributed by atoms with Gasteiger partial charge in [-0.2, -0.15) is 9.78 Å². The molecular weight excluding hydrogens is 430 g/mol. The van der Waals surface area contributed by atoms with Crippen LogP contribution in [0.25, 0.3) is 5.82 Å². The van der Waals surface area contributed by atoms with Gasteiger partial charge in [0.15, 0.2) is 5.69 Å². The highest BCUT2D eigenvalue weighted by Gasteiger charge is 2.28. The number of halogens is 1. The molecule has 0 bridgehead atoms. The van der Waals surface area contributed by atoms with Gasteiger partial charge in [-0.3, -0.25) is 4.79 Å². The average molecular weight is 448 g/mol. The van der Waals surface area contributed by atoms with Crippen LogP contribution in [0, 0.1) is 0 Å². The van der Waals surface area contributed by atoms with Crippen molar-refractivity contribution >= 4 is 29.5 Å². The third-order valence-corrected chi connectivity index (χ3v) is 4.87.